The van der Waals surface area contributed by atoms with E-state index in [0.29, 0.717) is 55.7 Å². The van der Waals surface area contributed by atoms with Crippen LogP contribution in [0.4, 0.5) is 23.2 Å². The third-order valence-electron chi connectivity index (χ3n) is 8.62. The van der Waals surface area contributed by atoms with E-state index >= 15 is 0 Å². The lowest BCUT2D eigenvalue weighted by Crippen LogP contribution is -2.03. The van der Waals surface area contributed by atoms with Gasteiger partial charge in [-0.15, -0.1) is 0 Å². The zero-order valence-electron chi connectivity index (χ0n) is 25.7. The highest BCUT2D eigenvalue weighted by Gasteiger charge is 2.27. The topological polar surface area (TPSA) is 66.8 Å². The number of rotatable bonds is 4. The number of benzene rings is 6. The molecular weight excluding hydrogens is 638 g/mol. The molecule has 0 N–H and O–H groups in total. The van der Waals surface area contributed by atoms with E-state index in [1.165, 1.54) is 30.3 Å². The summed E-state index contributed by atoms with van der Waals surface area (Å²) >= 11 is 0. The van der Waals surface area contributed by atoms with Crippen molar-refractivity contribution in [3.8, 4) is 51.0 Å². The molecule has 0 unspecified atom stereocenters. The number of hydrogen-bond donors (Lipinski definition) is 0. The van der Waals surface area contributed by atoms with Crippen molar-refractivity contribution in [3.63, 3.8) is 0 Å². The minimum Gasteiger partial charge on any atom is -0.247 e. The second-order valence-electron chi connectivity index (χ2n) is 11.5. The van der Waals surface area contributed by atoms with Crippen LogP contribution in [0, 0.1) is 41.2 Å². The zero-order chi connectivity index (χ0) is 34.5. The van der Waals surface area contributed by atoms with Crippen molar-refractivity contribution in [3.05, 3.63) is 156 Å². The van der Waals surface area contributed by atoms with Crippen molar-refractivity contribution in [2.75, 3.05) is 0 Å². The van der Waals surface area contributed by atoms with Crippen LogP contribution >= 0.6 is 0 Å². The van der Waals surface area contributed by atoms with Gasteiger partial charge in [0.25, 0.3) is 0 Å². The van der Waals surface area contributed by atoms with Crippen LogP contribution in [0.2, 0.25) is 0 Å². The van der Waals surface area contributed by atoms with Gasteiger partial charge in [0.2, 0.25) is 0 Å². The highest BCUT2D eigenvalue weighted by atomic mass is 19.2. The van der Waals surface area contributed by atoms with E-state index in [0.717, 1.165) is 16.5 Å². The monoisotopic (exact) mass is 657 g/mol. The summed E-state index contributed by atoms with van der Waals surface area (Å²) in [4.78, 5) is 19.2. The molecule has 0 fully saturated rings. The number of nitriles is 1. The molecule has 2 aromatic heterocycles. The first-order valence-corrected chi connectivity index (χ1v) is 15.3. The fourth-order valence-corrected chi connectivity index (χ4v) is 6.31. The number of pyridine rings is 1. The molecular formula is C41H19F4N5. The first-order chi connectivity index (χ1) is 24.4. The van der Waals surface area contributed by atoms with Gasteiger partial charge in [0.1, 0.15) is 11.6 Å². The molecule has 0 spiro atoms. The predicted octanol–water partition coefficient (Wildman–Crippen LogP) is 11.0. The normalized spacial score (nSPS) is 11.2. The van der Waals surface area contributed by atoms with Crippen LogP contribution < -0.4 is 0 Å². The second kappa shape index (κ2) is 11.9. The van der Waals surface area contributed by atoms with Crippen molar-refractivity contribution in [1.82, 2.24) is 15.0 Å². The molecule has 9 heteroatoms. The largest absolute Gasteiger partial charge is 0.247 e. The Kier molecular flexibility index (Phi) is 7.24. The third kappa shape index (κ3) is 4.72. The maximum Gasteiger partial charge on any atom is 0.197 e. The van der Waals surface area contributed by atoms with Gasteiger partial charge >= 0.3 is 0 Å². The highest BCUT2D eigenvalue weighted by Crippen LogP contribution is 2.44. The van der Waals surface area contributed by atoms with E-state index in [4.69, 9.17) is 26.8 Å². The summed E-state index contributed by atoms with van der Waals surface area (Å²) in [5, 5.41) is 10.9. The molecule has 0 atom stereocenters. The summed E-state index contributed by atoms with van der Waals surface area (Å²) < 4.78 is 59.0. The van der Waals surface area contributed by atoms with Crippen molar-refractivity contribution in [2.45, 2.75) is 0 Å². The lowest BCUT2D eigenvalue weighted by atomic mass is 9.95. The van der Waals surface area contributed by atoms with E-state index < -0.39 is 34.4 Å². The molecule has 50 heavy (non-hydrogen) atoms. The van der Waals surface area contributed by atoms with Gasteiger partial charge in [0.15, 0.2) is 29.0 Å². The number of para-hydroxylation sites is 1. The van der Waals surface area contributed by atoms with Crippen molar-refractivity contribution < 1.29 is 17.6 Å². The quantitative estimate of drug-likeness (QED) is 0.0818. The molecule has 8 rings (SSSR count). The van der Waals surface area contributed by atoms with Gasteiger partial charge in [-0.05, 0) is 23.1 Å². The van der Waals surface area contributed by atoms with E-state index in [-0.39, 0.29) is 5.56 Å². The minimum absolute atomic E-state index is 0.151. The summed E-state index contributed by atoms with van der Waals surface area (Å²) in [7, 11) is 0. The lowest BCUT2D eigenvalue weighted by molar-refractivity contribution is 0.454. The fraction of sp³-hybridized carbons (Fsp3) is 0. The average molecular weight is 658 g/mol. The van der Waals surface area contributed by atoms with Crippen molar-refractivity contribution in [2.24, 2.45) is 0 Å². The average Bonchev–Trinajstić information content (AvgIpc) is 3.17. The summed E-state index contributed by atoms with van der Waals surface area (Å²) in [6.45, 7) is 8.18. The number of hydrogen-bond acceptors (Lipinski definition) is 4. The molecule has 0 aliphatic carbocycles. The smallest absolute Gasteiger partial charge is 0.197 e. The third-order valence-corrected chi connectivity index (χ3v) is 8.62. The molecule has 0 aliphatic rings. The SMILES string of the molecule is [C-]#[N+]c1cc2nc(-c3ccccc3)c(-c3ccccc3)nc2c2c(-c3ccc(-c4c(F)c(F)c(C#N)c(F)c4F)cc3)nc3ccccc3c12. The van der Waals surface area contributed by atoms with Gasteiger partial charge < -0.3 is 0 Å². The van der Waals surface area contributed by atoms with Crippen LogP contribution in [0.25, 0.3) is 82.5 Å². The van der Waals surface area contributed by atoms with Crippen LogP contribution in [0.15, 0.2) is 115 Å². The van der Waals surface area contributed by atoms with Crippen molar-refractivity contribution in [1.29, 1.82) is 5.26 Å². The van der Waals surface area contributed by atoms with E-state index in [9.17, 15) is 17.6 Å². The Balaban J connectivity index is 1.45. The fourth-order valence-electron chi connectivity index (χ4n) is 6.31. The maximum atomic E-state index is 15.0. The van der Waals surface area contributed by atoms with Crippen LogP contribution in [-0.4, -0.2) is 15.0 Å². The Bertz CT molecular complexity index is 2730. The Labute approximate surface area is 282 Å². The molecule has 0 saturated carbocycles. The number of fused-ring (bicyclic) bond motifs is 5. The van der Waals surface area contributed by atoms with Crippen molar-refractivity contribution >= 4 is 38.4 Å². The highest BCUT2D eigenvalue weighted by molar-refractivity contribution is 6.24. The summed E-state index contributed by atoms with van der Waals surface area (Å²) in [5.41, 5.74) is 3.26. The Morgan fingerprint density at radius 2 is 1.06 bits per heavy atom. The number of halogens is 4. The van der Waals surface area contributed by atoms with E-state index in [2.05, 4.69) is 4.85 Å². The van der Waals surface area contributed by atoms with E-state index in [1.54, 1.807) is 6.07 Å². The zero-order valence-corrected chi connectivity index (χ0v) is 25.7. The first-order valence-electron chi connectivity index (χ1n) is 15.3. The standard InChI is InChI=1S/C41H19F4N5/c1-47-29-20-30-41(50-40(24-12-6-3-7-13-24)39(49-30)23-10-4-2-5-11-23)33-32(29)26-14-8-9-15-28(26)48-38(33)25-18-16-22(17-19-25)31-36(44)34(42)27(21-46)35(43)37(31)45/h2-20H. The summed E-state index contributed by atoms with van der Waals surface area (Å²) in [5.74, 6) is -6.89. The van der Waals surface area contributed by atoms with Crippen LogP contribution in [0.3, 0.4) is 0 Å². The van der Waals surface area contributed by atoms with Crippen LogP contribution in [0.5, 0.6) is 0 Å². The lowest BCUT2D eigenvalue weighted by Gasteiger charge is -2.16. The molecule has 0 amide bonds. The summed E-state index contributed by atoms with van der Waals surface area (Å²) in [6.07, 6.45) is 0. The maximum absolute atomic E-state index is 15.0. The molecule has 2 heterocycles. The Morgan fingerprint density at radius 3 is 1.66 bits per heavy atom. The first kappa shape index (κ1) is 30.4. The van der Waals surface area contributed by atoms with Gasteiger partial charge in [-0.25, -0.2) is 37.4 Å². The predicted molar refractivity (Wildman–Crippen MR) is 185 cm³/mol. The molecule has 0 radical (unpaired) electrons. The van der Waals surface area contributed by atoms with E-state index in [1.807, 2.05) is 84.9 Å². The van der Waals surface area contributed by atoms with Gasteiger partial charge in [0, 0.05) is 27.5 Å². The molecule has 5 nitrogen and oxygen atoms in total. The number of nitrogens with zero attached hydrogens (tertiary/aromatic N) is 5. The molecule has 6 aromatic carbocycles. The van der Waals surface area contributed by atoms with Gasteiger partial charge in [0.05, 0.1) is 45.8 Å². The molecule has 0 aliphatic heterocycles. The van der Waals surface area contributed by atoms with Gasteiger partial charge in [-0.2, -0.15) is 5.26 Å². The number of aromatic nitrogens is 3. The van der Waals surface area contributed by atoms with Crippen LogP contribution in [-0.2, 0) is 0 Å². The summed E-state index contributed by atoms with van der Waals surface area (Å²) in [6, 6.07) is 35.2. The van der Waals surface area contributed by atoms with Gasteiger partial charge in [-0.1, -0.05) is 103 Å². The van der Waals surface area contributed by atoms with Crippen LogP contribution in [0.1, 0.15) is 5.56 Å². The molecule has 0 bridgehead atoms. The molecule has 8 aromatic rings. The Morgan fingerprint density at radius 1 is 0.540 bits per heavy atom. The molecule has 236 valence electrons. The second-order valence-corrected chi connectivity index (χ2v) is 11.5. The molecule has 0 saturated heterocycles. The minimum atomic E-state index is -1.77. The Hall–Kier alpha value is -6.97. The van der Waals surface area contributed by atoms with Gasteiger partial charge in [-0.3, -0.25) is 0 Å².